The minimum absolute atomic E-state index is 0.752. The third-order valence-corrected chi connectivity index (χ3v) is 5.80. The van der Waals surface area contributed by atoms with Crippen molar-refractivity contribution in [2.75, 3.05) is 0 Å². The van der Waals surface area contributed by atoms with Crippen LogP contribution < -0.4 is 0 Å². The smallest absolute Gasteiger partial charge is 0.0158 e. The fraction of sp³-hybridized carbons (Fsp3) is 0.895. The highest BCUT2D eigenvalue weighted by molar-refractivity contribution is 5.35. The van der Waals surface area contributed by atoms with Gasteiger partial charge in [0.2, 0.25) is 0 Å². The van der Waals surface area contributed by atoms with E-state index < -0.39 is 0 Å². The second-order valence-electron chi connectivity index (χ2n) is 8.31. The van der Waals surface area contributed by atoms with E-state index in [9.17, 15) is 0 Å². The molecule has 2 rings (SSSR count). The van der Waals surface area contributed by atoms with Gasteiger partial charge in [0.05, 0.1) is 0 Å². The Labute approximate surface area is 121 Å². The summed E-state index contributed by atoms with van der Waals surface area (Å²) in [5.74, 6) is 6.85. The molecular weight excluding hydrogens is 228 g/mol. The average molecular weight is 262 g/mol. The van der Waals surface area contributed by atoms with Crippen LogP contribution in [0.25, 0.3) is 0 Å². The summed E-state index contributed by atoms with van der Waals surface area (Å²) < 4.78 is 0. The van der Waals surface area contributed by atoms with E-state index in [4.69, 9.17) is 0 Å². The van der Waals surface area contributed by atoms with Crippen molar-refractivity contribution in [2.24, 2.45) is 47.3 Å². The largest absolute Gasteiger partial charge is 0.0645 e. The minimum Gasteiger partial charge on any atom is -0.0645 e. The first-order valence-electron chi connectivity index (χ1n) is 8.51. The first-order valence-corrected chi connectivity index (χ1v) is 8.51. The van der Waals surface area contributed by atoms with E-state index in [0.717, 1.165) is 47.3 Å². The van der Waals surface area contributed by atoms with Gasteiger partial charge in [-0.15, -0.1) is 0 Å². The van der Waals surface area contributed by atoms with Gasteiger partial charge >= 0.3 is 0 Å². The molecule has 0 amide bonds. The van der Waals surface area contributed by atoms with Crippen LogP contribution in [0, 0.1) is 47.3 Å². The summed E-state index contributed by atoms with van der Waals surface area (Å²) >= 11 is 0. The Hall–Kier alpha value is -0.260. The SMILES string of the molecule is CC(C)C1=C(C(C)C)C2CC1C(C(C)C)C2C(C)C. The van der Waals surface area contributed by atoms with Gasteiger partial charge in [-0.2, -0.15) is 0 Å². The van der Waals surface area contributed by atoms with E-state index in [0.29, 0.717) is 0 Å². The molecule has 4 unspecified atom stereocenters. The molecule has 2 aliphatic carbocycles. The molecule has 0 saturated heterocycles. The lowest BCUT2D eigenvalue weighted by molar-refractivity contribution is 0.161. The van der Waals surface area contributed by atoms with Crippen LogP contribution >= 0.6 is 0 Å². The lowest BCUT2D eigenvalue weighted by atomic mass is 9.64. The van der Waals surface area contributed by atoms with Crippen LogP contribution in [-0.4, -0.2) is 0 Å². The van der Waals surface area contributed by atoms with Gasteiger partial charge in [-0.3, -0.25) is 0 Å². The Balaban J connectivity index is 2.46. The maximum Gasteiger partial charge on any atom is -0.0158 e. The zero-order valence-electron chi connectivity index (χ0n) is 14.3. The van der Waals surface area contributed by atoms with Crippen LogP contribution in [0.4, 0.5) is 0 Å². The van der Waals surface area contributed by atoms with E-state index in [-0.39, 0.29) is 0 Å². The van der Waals surface area contributed by atoms with Crippen LogP contribution in [0.3, 0.4) is 0 Å². The van der Waals surface area contributed by atoms with Crippen molar-refractivity contribution in [3.63, 3.8) is 0 Å². The summed E-state index contributed by atoms with van der Waals surface area (Å²) in [7, 11) is 0. The number of rotatable bonds is 4. The van der Waals surface area contributed by atoms with Crippen molar-refractivity contribution in [3.8, 4) is 0 Å². The fourth-order valence-electron chi connectivity index (χ4n) is 5.56. The van der Waals surface area contributed by atoms with E-state index in [1.807, 2.05) is 11.1 Å². The highest BCUT2D eigenvalue weighted by Gasteiger charge is 2.54. The third kappa shape index (κ3) is 2.30. The van der Waals surface area contributed by atoms with Gasteiger partial charge in [-0.05, 0) is 53.8 Å². The normalized spacial score (nSPS) is 34.7. The molecule has 2 aliphatic rings. The van der Waals surface area contributed by atoms with E-state index >= 15 is 0 Å². The molecule has 0 heteroatoms. The quantitative estimate of drug-likeness (QED) is 0.563. The number of fused-ring (bicyclic) bond motifs is 2. The molecule has 1 saturated carbocycles. The molecule has 0 heterocycles. The Morgan fingerprint density at radius 2 is 0.947 bits per heavy atom. The van der Waals surface area contributed by atoms with Crippen LogP contribution in [-0.2, 0) is 0 Å². The summed E-state index contributed by atoms with van der Waals surface area (Å²) in [6, 6.07) is 0. The number of hydrogen-bond acceptors (Lipinski definition) is 0. The molecular formula is C19H34. The van der Waals surface area contributed by atoms with Gasteiger partial charge in [0.1, 0.15) is 0 Å². The maximum absolute atomic E-state index is 2.45. The minimum atomic E-state index is 0.752. The molecule has 0 aromatic rings. The van der Waals surface area contributed by atoms with Crippen molar-refractivity contribution in [1.29, 1.82) is 0 Å². The van der Waals surface area contributed by atoms with Gasteiger partial charge in [0.15, 0.2) is 0 Å². The molecule has 0 aromatic heterocycles. The molecule has 0 N–H and O–H groups in total. The Bertz CT molecular complexity index is 322. The van der Waals surface area contributed by atoms with Crippen molar-refractivity contribution >= 4 is 0 Å². The topological polar surface area (TPSA) is 0 Å². The number of allylic oxidation sites excluding steroid dienone is 2. The Kier molecular flexibility index (Phi) is 4.19. The Morgan fingerprint density at radius 3 is 1.16 bits per heavy atom. The summed E-state index contributed by atoms with van der Waals surface area (Å²) in [6.07, 6.45) is 1.46. The lowest BCUT2D eigenvalue weighted by Gasteiger charge is -2.41. The molecule has 0 nitrogen and oxygen atoms in total. The first kappa shape index (κ1) is 15.1. The lowest BCUT2D eigenvalue weighted by Crippen LogP contribution is -2.34. The van der Waals surface area contributed by atoms with Crippen molar-refractivity contribution in [1.82, 2.24) is 0 Å². The average Bonchev–Trinajstić information content (AvgIpc) is 2.81. The van der Waals surface area contributed by atoms with Crippen LogP contribution in [0.5, 0.6) is 0 Å². The molecule has 1 fully saturated rings. The standard InChI is InChI=1S/C19H34/c1-10(2)16-14-9-15(17(16)11(3)4)19(13(7)8)18(14)12(5)6/h10-17H,9H2,1-8H3. The molecule has 19 heavy (non-hydrogen) atoms. The molecule has 2 bridgehead atoms. The molecule has 0 aliphatic heterocycles. The molecule has 0 spiro atoms. The van der Waals surface area contributed by atoms with E-state index in [1.165, 1.54) is 6.42 Å². The summed E-state index contributed by atoms with van der Waals surface area (Å²) in [4.78, 5) is 0. The number of hydrogen-bond donors (Lipinski definition) is 0. The van der Waals surface area contributed by atoms with E-state index in [1.54, 1.807) is 0 Å². The van der Waals surface area contributed by atoms with Gasteiger partial charge in [0, 0.05) is 0 Å². The van der Waals surface area contributed by atoms with Gasteiger partial charge in [0.25, 0.3) is 0 Å². The monoisotopic (exact) mass is 262 g/mol. The van der Waals surface area contributed by atoms with Gasteiger partial charge in [-0.25, -0.2) is 0 Å². The summed E-state index contributed by atoms with van der Waals surface area (Å²) in [5, 5.41) is 0. The van der Waals surface area contributed by atoms with Crippen molar-refractivity contribution in [3.05, 3.63) is 11.1 Å². The van der Waals surface area contributed by atoms with Gasteiger partial charge in [-0.1, -0.05) is 66.5 Å². The van der Waals surface area contributed by atoms with Crippen LogP contribution in [0.1, 0.15) is 61.8 Å². The van der Waals surface area contributed by atoms with Crippen LogP contribution in [0.2, 0.25) is 0 Å². The van der Waals surface area contributed by atoms with Crippen molar-refractivity contribution < 1.29 is 0 Å². The molecule has 110 valence electrons. The highest BCUT2D eigenvalue weighted by Crippen LogP contribution is 2.62. The zero-order valence-corrected chi connectivity index (χ0v) is 14.3. The predicted molar refractivity (Wildman–Crippen MR) is 85.0 cm³/mol. The second kappa shape index (κ2) is 5.26. The predicted octanol–water partition coefficient (Wildman–Crippen LogP) is 5.79. The molecule has 0 radical (unpaired) electrons. The molecule has 0 aromatic carbocycles. The second-order valence-corrected chi connectivity index (χ2v) is 8.31. The van der Waals surface area contributed by atoms with E-state index in [2.05, 4.69) is 55.4 Å². The third-order valence-electron chi connectivity index (χ3n) is 5.80. The maximum atomic E-state index is 2.45. The Morgan fingerprint density at radius 1 is 0.632 bits per heavy atom. The first-order chi connectivity index (χ1) is 8.77. The molecule has 4 atom stereocenters. The summed E-state index contributed by atoms with van der Waals surface area (Å²) in [5.41, 5.74) is 3.71. The van der Waals surface area contributed by atoms with Crippen LogP contribution in [0.15, 0.2) is 11.1 Å². The van der Waals surface area contributed by atoms with Crippen molar-refractivity contribution in [2.45, 2.75) is 61.8 Å². The highest BCUT2D eigenvalue weighted by atomic mass is 14.6. The fourth-order valence-corrected chi connectivity index (χ4v) is 5.56. The summed E-state index contributed by atoms with van der Waals surface area (Å²) in [6.45, 7) is 19.5. The van der Waals surface area contributed by atoms with Gasteiger partial charge < -0.3 is 0 Å². The zero-order chi connectivity index (χ0) is 14.5.